The average molecular weight is 264 g/mol. The molecule has 1 aliphatic heterocycles. The van der Waals surface area contributed by atoms with E-state index in [1.807, 2.05) is 12.1 Å². The normalized spacial score (nSPS) is 20.9. The number of benzene rings is 1. The highest BCUT2D eigenvalue weighted by molar-refractivity contribution is 6.35. The van der Waals surface area contributed by atoms with E-state index in [-0.39, 0.29) is 0 Å². The topological polar surface area (TPSA) is 45.0 Å². The van der Waals surface area contributed by atoms with Gasteiger partial charge in [-0.1, -0.05) is 23.7 Å². The molecule has 0 spiro atoms. The number of nitrogens with two attached hydrogens (primary N) is 1. The Morgan fingerprint density at radius 1 is 1.50 bits per heavy atom. The minimum Gasteiger partial charge on any atom is -0.356 e. The van der Waals surface area contributed by atoms with Crippen molar-refractivity contribution in [2.45, 2.75) is 25.9 Å². The number of halogens is 1. The van der Waals surface area contributed by atoms with Gasteiger partial charge in [-0.3, -0.25) is 4.90 Å². The number of rotatable bonds is 2. The molecule has 18 heavy (non-hydrogen) atoms. The van der Waals surface area contributed by atoms with E-state index in [4.69, 9.17) is 17.3 Å². The van der Waals surface area contributed by atoms with Crippen molar-refractivity contribution in [2.24, 2.45) is 5.73 Å². The Bertz CT molecular complexity index is 576. The molecule has 1 saturated heterocycles. The van der Waals surface area contributed by atoms with Crippen LogP contribution in [0.5, 0.6) is 0 Å². The third-order valence-electron chi connectivity index (χ3n) is 3.84. The second kappa shape index (κ2) is 4.57. The summed E-state index contributed by atoms with van der Waals surface area (Å²) in [6.45, 7) is 5.16. The summed E-state index contributed by atoms with van der Waals surface area (Å²) in [5, 5.41) is 2.01. The number of aromatic amines is 1. The number of hydrogen-bond acceptors (Lipinski definition) is 2. The number of likely N-dealkylation sites (tertiary alicyclic amines) is 1. The van der Waals surface area contributed by atoms with Gasteiger partial charge in [-0.05, 0) is 25.0 Å². The molecular weight excluding hydrogens is 246 g/mol. The van der Waals surface area contributed by atoms with Crippen LogP contribution in [0.15, 0.2) is 18.2 Å². The summed E-state index contributed by atoms with van der Waals surface area (Å²) in [6.07, 6.45) is 1.10. The smallest absolute Gasteiger partial charge is 0.0648 e. The standard InChI is InChI=1S/C14H18ClN3/c1-9-11-3-2-4-12(15)14(11)17-13(9)8-18-6-5-10(16)7-18/h2-4,10,17H,5-8,16H2,1H3/t10-/m0/s1. The Balaban J connectivity index is 1.93. The van der Waals surface area contributed by atoms with Gasteiger partial charge in [0.15, 0.2) is 0 Å². The SMILES string of the molecule is Cc1c(CN2CC[C@H](N)C2)[nH]c2c(Cl)cccc12. The minimum absolute atomic E-state index is 0.332. The van der Waals surface area contributed by atoms with E-state index < -0.39 is 0 Å². The largest absolute Gasteiger partial charge is 0.356 e. The van der Waals surface area contributed by atoms with Gasteiger partial charge in [0.25, 0.3) is 0 Å². The summed E-state index contributed by atoms with van der Waals surface area (Å²) in [4.78, 5) is 5.86. The van der Waals surface area contributed by atoms with E-state index in [9.17, 15) is 0 Å². The number of hydrogen-bond donors (Lipinski definition) is 2. The van der Waals surface area contributed by atoms with Crippen molar-refractivity contribution in [1.82, 2.24) is 9.88 Å². The van der Waals surface area contributed by atoms with Crippen LogP contribution in [-0.2, 0) is 6.54 Å². The first-order chi connectivity index (χ1) is 8.65. The summed E-state index contributed by atoms with van der Waals surface area (Å²) in [6, 6.07) is 6.38. The third kappa shape index (κ3) is 2.03. The lowest BCUT2D eigenvalue weighted by Crippen LogP contribution is -2.26. The molecule has 0 saturated carbocycles. The van der Waals surface area contributed by atoms with Crippen molar-refractivity contribution in [3.8, 4) is 0 Å². The number of nitrogens with zero attached hydrogens (tertiary/aromatic N) is 1. The lowest BCUT2D eigenvalue weighted by Gasteiger charge is -2.14. The first-order valence-electron chi connectivity index (χ1n) is 6.39. The summed E-state index contributed by atoms with van der Waals surface area (Å²) < 4.78 is 0. The van der Waals surface area contributed by atoms with Crippen molar-refractivity contribution in [3.63, 3.8) is 0 Å². The molecule has 0 radical (unpaired) electrons. The zero-order valence-corrected chi connectivity index (χ0v) is 11.3. The van der Waals surface area contributed by atoms with E-state index in [0.29, 0.717) is 6.04 Å². The van der Waals surface area contributed by atoms with Gasteiger partial charge in [-0.2, -0.15) is 0 Å². The molecule has 0 amide bonds. The van der Waals surface area contributed by atoms with Crippen LogP contribution >= 0.6 is 11.6 Å². The maximum absolute atomic E-state index is 6.22. The molecule has 0 unspecified atom stereocenters. The molecule has 1 aliphatic rings. The summed E-state index contributed by atoms with van der Waals surface area (Å²) in [7, 11) is 0. The van der Waals surface area contributed by atoms with Crippen molar-refractivity contribution < 1.29 is 0 Å². The lowest BCUT2D eigenvalue weighted by molar-refractivity contribution is 0.323. The number of fused-ring (bicyclic) bond motifs is 1. The fourth-order valence-electron chi connectivity index (χ4n) is 2.76. The zero-order valence-electron chi connectivity index (χ0n) is 10.5. The predicted molar refractivity (Wildman–Crippen MR) is 75.9 cm³/mol. The third-order valence-corrected chi connectivity index (χ3v) is 4.15. The molecule has 96 valence electrons. The maximum Gasteiger partial charge on any atom is 0.0648 e. The number of aromatic nitrogens is 1. The van der Waals surface area contributed by atoms with E-state index in [1.165, 1.54) is 16.6 Å². The zero-order chi connectivity index (χ0) is 12.7. The number of para-hydroxylation sites is 1. The Morgan fingerprint density at radius 2 is 2.33 bits per heavy atom. The quantitative estimate of drug-likeness (QED) is 0.875. The van der Waals surface area contributed by atoms with Gasteiger partial charge in [0.2, 0.25) is 0 Å². The Morgan fingerprint density at radius 3 is 3.00 bits per heavy atom. The Kier molecular flexibility index (Phi) is 3.06. The first kappa shape index (κ1) is 12.0. The van der Waals surface area contributed by atoms with Gasteiger partial charge in [0, 0.05) is 36.8 Å². The van der Waals surface area contributed by atoms with Crippen LogP contribution in [0.2, 0.25) is 5.02 Å². The minimum atomic E-state index is 0.332. The van der Waals surface area contributed by atoms with E-state index in [0.717, 1.165) is 36.6 Å². The molecule has 0 aliphatic carbocycles. The monoisotopic (exact) mass is 263 g/mol. The van der Waals surface area contributed by atoms with Crippen LogP contribution in [0.1, 0.15) is 17.7 Å². The van der Waals surface area contributed by atoms with Crippen molar-refractivity contribution >= 4 is 22.5 Å². The molecule has 1 aromatic heterocycles. The number of nitrogens with one attached hydrogen (secondary N) is 1. The van der Waals surface area contributed by atoms with Crippen LogP contribution < -0.4 is 5.73 Å². The molecule has 3 nitrogen and oxygen atoms in total. The van der Waals surface area contributed by atoms with Crippen LogP contribution in [0, 0.1) is 6.92 Å². The van der Waals surface area contributed by atoms with Gasteiger partial charge in [0.05, 0.1) is 10.5 Å². The van der Waals surface area contributed by atoms with Crippen LogP contribution in [0.3, 0.4) is 0 Å². The van der Waals surface area contributed by atoms with Crippen LogP contribution in [0.4, 0.5) is 0 Å². The van der Waals surface area contributed by atoms with Crippen molar-refractivity contribution in [1.29, 1.82) is 0 Å². The molecule has 1 atom stereocenters. The molecule has 1 fully saturated rings. The highest BCUT2D eigenvalue weighted by Crippen LogP contribution is 2.28. The fraction of sp³-hybridized carbons (Fsp3) is 0.429. The van der Waals surface area contributed by atoms with E-state index >= 15 is 0 Å². The van der Waals surface area contributed by atoms with E-state index in [2.05, 4.69) is 22.9 Å². The number of H-pyrrole nitrogens is 1. The molecule has 2 aromatic rings. The summed E-state index contributed by atoms with van der Waals surface area (Å²) >= 11 is 6.22. The molecule has 1 aromatic carbocycles. The highest BCUT2D eigenvalue weighted by Gasteiger charge is 2.20. The fourth-order valence-corrected chi connectivity index (χ4v) is 2.98. The van der Waals surface area contributed by atoms with Gasteiger partial charge in [-0.25, -0.2) is 0 Å². The molecule has 4 heteroatoms. The Labute approximate surface area is 112 Å². The van der Waals surface area contributed by atoms with Crippen LogP contribution in [0.25, 0.3) is 10.9 Å². The molecule has 2 heterocycles. The maximum atomic E-state index is 6.22. The Hall–Kier alpha value is -1.03. The molecule has 0 bridgehead atoms. The summed E-state index contributed by atoms with van der Waals surface area (Å²) in [5.41, 5.74) is 9.55. The van der Waals surface area contributed by atoms with Crippen molar-refractivity contribution in [3.05, 3.63) is 34.5 Å². The second-order valence-corrected chi connectivity index (χ2v) is 5.58. The highest BCUT2D eigenvalue weighted by atomic mass is 35.5. The second-order valence-electron chi connectivity index (χ2n) is 5.17. The predicted octanol–water partition coefficient (Wildman–Crippen LogP) is 2.66. The first-order valence-corrected chi connectivity index (χ1v) is 6.76. The van der Waals surface area contributed by atoms with Crippen LogP contribution in [-0.4, -0.2) is 29.0 Å². The average Bonchev–Trinajstić information content (AvgIpc) is 2.88. The van der Waals surface area contributed by atoms with Gasteiger partial charge in [0.1, 0.15) is 0 Å². The van der Waals surface area contributed by atoms with Gasteiger partial charge in [-0.15, -0.1) is 0 Å². The van der Waals surface area contributed by atoms with Gasteiger partial charge < -0.3 is 10.7 Å². The molecular formula is C14H18ClN3. The number of aryl methyl sites for hydroxylation is 1. The summed E-state index contributed by atoms with van der Waals surface area (Å²) in [5.74, 6) is 0. The van der Waals surface area contributed by atoms with Gasteiger partial charge >= 0.3 is 0 Å². The van der Waals surface area contributed by atoms with E-state index in [1.54, 1.807) is 0 Å². The lowest BCUT2D eigenvalue weighted by atomic mass is 10.1. The molecule has 3 rings (SSSR count). The molecule has 3 N–H and O–H groups in total. The van der Waals surface area contributed by atoms with Crippen molar-refractivity contribution in [2.75, 3.05) is 13.1 Å².